The number of allylic oxidation sites excluding steroid dienone is 1. The zero-order chi connectivity index (χ0) is 24.1. The van der Waals surface area contributed by atoms with Gasteiger partial charge in [-0.15, -0.1) is 0 Å². The number of nitrogens with one attached hydrogen (secondary N) is 3. The fourth-order valence-corrected chi connectivity index (χ4v) is 3.95. The van der Waals surface area contributed by atoms with Gasteiger partial charge in [0, 0.05) is 37.5 Å². The first kappa shape index (κ1) is 23.3. The highest BCUT2D eigenvalue weighted by Gasteiger charge is 2.29. The van der Waals surface area contributed by atoms with Crippen molar-refractivity contribution in [1.29, 1.82) is 0 Å². The third-order valence-electron chi connectivity index (χ3n) is 5.56. The number of nitrogens with zero attached hydrogens (tertiary/aromatic N) is 1. The number of carbonyl (C=O) groups excluding carboxylic acids is 1. The number of rotatable bonds is 9. The second-order valence-electron chi connectivity index (χ2n) is 7.66. The van der Waals surface area contributed by atoms with Gasteiger partial charge in [0.15, 0.2) is 11.6 Å². The number of pyridine rings is 1. The molecule has 0 saturated carbocycles. The van der Waals surface area contributed by atoms with Gasteiger partial charge in [0.2, 0.25) is 0 Å². The van der Waals surface area contributed by atoms with Gasteiger partial charge in [-0.3, -0.25) is 9.78 Å². The Kier molecular flexibility index (Phi) is 7.12. The first-order valence-corrected chi connectivity index (χ1v) is 10.9. The summed E-state index contributed by atoms with van der Waals surface area (Å²) in [6.45, 7) is 2.71. The van der Waals surface area contributed by atoms with E-state index < -0.39 is 5.82 Å². The van der Waals surface area contributed by atoms with Crippen LogP contribution in [0.2, 0.25) is 0 Å². The number of aromatic nitrogens is 2. The van der Waals surface area contributed by atoms with Crippen LogP contribution in [0, 0.1) is 5.82 Å². The van der Waals surface area contributed by atoms with Crippen molar-refractivity contribution in [1.82, 2.24) is 15.3 Å². The SMILES string of the molecule is C/C=C\C(COc1cnccc1-c1[nH]c2c(c1Nc1cccc(F)c1OC)C(=O)NCC2)OC. The predicted molar refractivity (Wildman–Crippen MR) is 127 cm³/mol. The summed E-state index contributed by atoms with van der Waals surface area (Å²) in [7, 11) is 3.01. The van der Waals surface area contributed by atoms with Crippen LogP contribution in [0.25, 0.3) is 11.3 Å². The minimum absolute atomic E-state index is 0.0557. The summed E-state index contributed by atoms with van der Waals surface area (Å²) in [5.74, 6) is -0.154. The summed E-state index contributed by atoms with van der Waals surface area (Å²) in [6, 6.07) is 6.38. The Hall–Kier alpha value is -3.85. The lowest BCUT2D eigenvalue weighted by atomic mass is 10.0. The number of halogens is 1. The molecule has 1 amide bonds. The van der Waals surface area contributed by atoms with Crippen LogP contribution in [-0.4, -0.2) is 49.4 Å². The molecule has 1 aliphatic rings. The number of para-hydroxylation sites is 1. The third kappa shape index (κ3) is 4.60. The molecule has 34 heavy (non-hydrogen) atoms. The van der Waals surface area contributed by atoms with E-state index in [0.717, 1.165) is 5.69 Å². The lowest BCUT2D eigenvalue weighted by Crippen LogP contribution is -2.31. The Labute approximate surface area is 197 Å². The van der Waals surface area contributed by atoms with Crippen LogP contribution in [0.3, 0.4) is 0 Å². The third-order valence-corrected chi connectivity index (χ3v) is 5.56. The van der Waals surface area contributed by atoms with Crippen LogP contribution in [-0.2, 0) is 11.2 Å². The number of ether oxygens (including phenoxy) is 3. The predicted octanol–water partition coefficient (Wildman–Crippen LogP) is 4.22. The number of methoxy groups -OCH3 is 2. The Bertz CT molecular complexity index is 1210. The highest BCUT2D eigenvalue weighted by Crippen LogP contribution is 2.42. The molecule has 1 unspecified atom stereocenters. The fourth-order valence-electron chi connectivity index (χ4n) is 3.95. The standard InChI is InChI=1S/C25H27FN4O4/c1-4-6-15(32-2)14-34-20-13-27-11-9-16(20)22-23(21-18(29-22)10-12-28-25(21)31)30-19-8-5-7-17(26)24(19)33-3/h4-9,11,13,15,29-30H,10,12,14H2,1-3H3,(H,28,31)/b6-4-. The van der Waals surface area contributed by atoms with Crippen LogP contribution >= 0.6 is 0 Å². The van der Waals surface area contributed by atoms with Gasteiger partial charge in [-0.05, 0) is 25.1 Å². The van der Waals surface area contributed by atoms with Gasteiger partial charge in [-0.25, -0.2) is 4.39 Å². The van der Waals surface area contributed by atoms with E-state index in [9.17, 15) is 9.18 Å². The van der Waals surface area contributed by atoms with Crippen LogP contribution in [0.15, 0.2) is 48.8 Å². The summed E-state index contributed by atoms with van der Waals surface area (Å²) >= 11 is 0. The van der Waals surface area contributed by atoms with Gasteiger partial charge < -0.3 is 29.8 Å². The molecule has 0 spiro atoms. The molecule has 2 aromatic heterocycles. The smallest absolute Gasteiger partial charge is 0.255 e. The van der Waals surface area contributed by atoms with Crippen molar-refractivity contribution in [3.63, 3.8) is 0 Å². The Morgan fingerprint density at radius 1 is 1.29 bits per heavy atom. The van der Waals surface area contributed by atoms with Gasteiger partial charge >= 0.3 is 0 Å². The second-order valence-corrected chi connectivity index (χ2v) is 7.66. The molecule has 0 bridgehead atoms. The molecule has 178 valence electrons. The summed E-state index contributed by atoms with van der Waals surface area (Å²) in [4.78, 5) is 20.4. The average Bonchev–Trinajstić information content (AvgIpc) is 3.21. The number of hydrogen-bond donors (Lipinski definition) is 3. The van der Waals surface area contributed by atoms with Crippen molar-refractivity contribution >= 4 is 17.3 Å². The number of aromatic amines is 1. The molecule has 1 aliphatic heterocycles. The molecule has 3 aromatic rings. The van der Waals surface area contributed by atoms with Gasteiger partial charge in [-0.2, -0.15) is 0 Å². The van der Waals surface area contributed by atoms with Gasteiger partial charge in [0.05, 0.1) is 35.9 Å². The number of anilines is 2. The number of H-pyrrole nitrogens is 1. The summed E-state index contributed by atoms with van der Waals surface area (Å²) in [5, 5.41) is 6.10. The van der Waals surface area contributed by atoms with Gasteiger partial charge in [0.1, 0.15) is 18.5 Å². The van der Waals surface area contributed by atoms with E-state index in [0.29, 0.717) is 46.9 Å². The molecule has 1 aromatic carbocycles. The van der Waals surface area contributed by atoms with Gasteiger partial charge in [0.25, 0.3) is 5.91 Å². The number of hydrogen-bond acceptors (Lipinski definition) is 6. The topological polar surface area (TPSA) is 97.5 Å². The van der Waals surface area contributed by atoms with E-state index >= 15 is 0 Å². The van der Waals surface area contributed by atoms with Crippen molar-refractivity contribution in [2.75, 3.05) is 32.7 Å². The molecule has 8 nitrogen and oxygen atoms in total. The highest BCUT2D eigenvalue weighted by molar-refractivity contribution is 6.06. The Morgan fingerprint density at radius 3 is 2.91 bits per heavy atom. The molecule has 3 N–H and O–H groups in total. The van der Waals surface area contributed by atoms with Crippen molar-refractivity contribution < 1.29 is 23.4 Å². The number of benzene rings is 1. The lowest BCUT2D eigenvalue weighted by Gasteiger charge is -2.18. The molecular weight excluding hydrogens is 439 g/mol. The second kappa shape index (κ2) is 10.4. The van der Waals surface area contributed by atoms with Crippen LogP contribution in [0.1, 0.15) is 23.0 Å². The van der Waals surface area contributed by atoms with Crippen LogP contribution in [0.5, 0.6) is 11.5 Å². The molecule has 0 radical (unpaired) electrons. The molecule has 9 heteroatoms. The molecule has 0 saturated heterocycles. The van der Waals surface area contributed by atoms with Crippen LogP contribution in [0.4, 0.5) is 15.8 Å². The summed E-state index contributed by atoms with van der Waals surface area (Å²) in [6.07, 6.45) is 7.46. The average molecular weight is 467 g/mol. The maximum atomic E-state index is 14.4. The fraction of sp³-hybridized carbons (Fsp3) is 0.280. The first-order chi connectivity index (χ1) is 16.6. The summed E-state index contributed by atoms with van der Waals surface area (Å²) in [5.41, 5.74) is 3.48. The molecule has 0 aliphatic carbocycles. The molecule has 3 heterocycles. The van der Waals surface area contributed by atoms with E-state index in [1.54, 1.807) is 37.7 Å². The maximum Gasteiger partial charge on any atom is 0.255 e. The van der Waals surface area contributed by atoms with Crippen molar-refractivity contribution in [3.8, 4) is 22.8 Å². The van der Waals surface area contributed by atoms with Crippen molar-refractivity contribution in [2.24, 2.45) is 0 Å². The monoisotopic (exact) mass is 466 g/mol. The first-order valence-electron chi connectivity index (χ1n) is 10.9. The van der Waals surface area contributed by atoms with Crippen molar-refractivity contribution in [3.05, 3.63) is 65.9 Å². The molecule has 4 rings (SSSR count). The number of amides is 1. The lowest BCUT2D eigenvalue weighted by molar-refractivity contribution is 0.0916. The van der Waals surface area contributed by atoms with E-state index in [2.05, 4.69) is 20.6 Å². The maximum absolute atomic E-state index is 14.4. The zero-order valence-corrected chi connectivity index (χ0v) is 19.3. The minimum atomic E-state index is -0.509. The van der Waals surface area contributed by atoms with Crippen molar-refractivity contribution in [2.45, 2.75) is 19.4 Å². The van der Waals surface area contributed by atoms with Crippen LogP contribution < -0.4 is 20.1 Å². The van der Waals surface area contributed by atoms with E-state index in [-0.39, 0.29) is 24.4 Å². The zero-order valence-electron chi connectivity index (χ0n) is 19.3. The van der Waals surface area contributed by atoms with Gasteiger partial charge in [-0.1, -0.05) is 18.2 Å². The number of carbonyl (C=O) groups is 1. The minimum Gasteiger partial charge on any atom is -0.492 e. The Balaban J connectivity index is 1.80. The Morgan fingerprint density at radius 2 is 2.15 bits per heavy atom. The molecular formula is C25H27FN4O4. The summed E-state index contributed by atoms with van der Waals surface area (Å²) < 4.78 is 31.1. The van der Waals surface area contributed by atoms with E-state index in [1.165, 1.54) is 13.2 Å². The van der Waals surface area contributed by atoms with E-state index in [4.69, 9.17) is 14.2 Å². The number of fused-ring (bicyclic) bond motifs is 1. The quantitative estimate of drug-likeness (QED) is 0.409. The highest BCUT2D eigenvalue weighted by atomic mass is 19.1. The molecule has 0 fully saturated rings. The molecule has 1 atom stereocenters. The normalized spacial score (nSPS) is 13.9. The largest absolute Gasteiger partial charge is 0.492 e. The van der Waals surface area contributed by atoms with E-state index in [1.807, 2.05) is 19.1 Å².